The zero-order valence-corrected chi connectivity index (χ0v) is 11.1. The minimum Gasteiger partial charge on any atom is -0.477 e. The van der Waals surface area contributed by atoms with Crippen LogP contribution in [0.25, 0.3) is 0 Å². The SMILES string of the molecule is CCOC(=O)C1(C2=NC(C)(C)C[C@@H](C)O2)CC1. The lowest BCUT2D eigenvalue weighted by Gasteiger charge is -2.33. The van der Waals surface area contributed by atoms with Crippen LogP contribution in [0.1, 0.15) is 47.0 Å². The van der Waals surface area contributed by atoms with Crippen molar-refractivity contribution in [3.63, 3.8) is 0 Å². The molecule has 0 amide bonds. The molecular formula is C13H21NO3. The van der Waals surface area contributed by atoms with E-state index in [9.17, 15) is 4.79 Å². The molecule has 1 aliphatic carbocycles. The third-order valence-corrected chi connectivity index (χ3v) is 3.33. The maximum atomic E-state index is 12.0. The van der Waals surface area contributed by atoms with Crippen molar-refractivity contribution in [1.29, 1.82) is 0 Å². The second-order valence-electron chi connectivity index (χ2n) is 5.66. The summed E-state index contributed by atoms with van der Waals surface area (Å²) in [5, 5.41) is 0. The second-order valence-corrected chi connectivity index (χ2v) is 5.66. The van der Waals surface area contributed by atoms with Crippen LogP contribution in [0.4, 0.5) is 0 Å². The van der Waals surface area contributed by atoms with Crippen LogP contribution in [-0.4, -0.2) is 30.1 Å². The summed E-state index contributed by atoms with van der Waals surface area (Å²) in [6.07, 6.45) is 2.60. The monoisotopic (exact) mass is 239 g/mol. The van der Waals surface area contributed by atoms with Crippen LogP contribution in [0.2, 0.25) is 0 Å². The summed E-state index contributed by atoms with van der Waals surface area (Å²) in [6.45, 7) is 8.41. The number of hydrogen-bond acceptors (Lipinski definition) is 4. The maximum absolute atomic E-state index is 12.0. The van der Waals surface area contributed by atoms with Gasteiger partial charge in [0.05, 0.1) is 18.2 Å². The third-order valence-electron chi connectivity index (χ3n) is 3.33. The number of esters is 1. The van der Waals surface area contributed by atoms with E-state index in [0.29, 0.717) is 12.5 Å². The van der Waals surface area contributed by atoms with Crippen LogP contribution >= 0.6 is 0 Å². The first-order valence-corrected chi connectivity index (χ1v) is 6.34. The molecule has 0 saturated heterocycles. The molecule has 17 heavy (non-hydrogen) atoms. The molecule has 0 N–H and O–H groups in total. The average Bonchev–Trinajstić information content (AvgIpc) is 2.95. The van der Waals surface area contributed by atoms with Crippen molar-refractivity contribution >= 4 is 11.9 Å². The zero-order chi connectivity index (χ0) is 12.7. The summed E-state index contributed by atoms with van der Waals surface area (Å²) in [6, 6.07) is 0. The molecule has 0 unspecified atom stereocenters. The van der Waals surface area contributed by atoms with Crippen molar-refractivity contribution in [3.8, 4) is 0 Å². The lowest BCUT2D eigenvalue weighted by molar-refractivity contribution is -0.147. The maximum Gasteiger partial charge on any atom is 0.321 e. The highest BCUT2D eigenvalue weighted by Crippen LogP contribution is 2.50. The Morgan fingerprint density at radius 1 is 1.53 bits per heavy atom. The van der Waals surface area contributed by atoms with Crippen molar-refractivity contribution in [2.24, 2.45) is 10.4 Å². The lowest BCUT2D eigenvalue weighted by atomic mass is 9.95. The first-order valence-electron chi connectivity index (χ1n) is 6.34. The number of carbonyl (C=O) groups excluding carboxylic acids is 1. The van der Waals surface area contributed by atoms with Gasteiger partial charge in [-0.15, -0.1) is 0 Å². The number of hydrogen-bond donors (Lipinski definition) is 0. The number of ether oxygens (including phenoxy) is 2. The van der Waals surface area contributed by atoms with Crippen LogP contribution in [0.15, 0.2) is 4.99 Å². The molecule has 96 valence electrons. The van der Waals surface area contributed by atoms with Gasteiger partial charge in [-0.3, -0.25) is 4.79 Å². The Morgan fingerprint density at radius 2 is 2.18 bits per heavy atom. The molecule has 1 atom stereocenters. The summed E-state index contributed by atoms with van der Waals surface area (Å²) in [7, 11) is 0. The molecular weight excluding hydrogens is 218 g/mol. The fourth-order valence-corrected chi connectivity index (χ4v) is 2.40. The Balaban J connectivity index is 2.22. The van der Waals surface area contributed by atoms with Crippen molar-refractivity contribution in [2.75, 3.05) is 6.61 Å². The fourth-order valence-electron chi connectivity index (χ4n) is 2.40. The smallest absolute Gasteiger partial charge is 0.321 e. The van der Waals surface area contributed by atoms with Gasteiger partial charge in [-0.25, -0.2) is 4.99 Å². The van der Waals surface area contributed by atoms with Crippen LogP contribution in [0.3, 0.4) is 0 Å². The topological polar surface area (TPSA) is 47.9 Å². The van der Waals surface area contributed by atoms with Gasteiger partial charge in [0, 0.05) is 6.42 Å². The molecule has 4 heteroatoms. The molecule has 0 spiro atoms. The Bertz CT molecular complexity index is 356. The first-order chi connectivity index (χ1) is 7.89. The molecule has 1 aliphatic heterocycles. The van der Waals surface area contributed by atoms with Gasteiger partial charge in [-0.05, 0) is 40.5 Å². The summed E-state index contributed by atoms with van der Waals surface area (Å²) >= 11 is 0. The van der Waals surface area contributed by atoms with Crippen LogP contribution < -0.4 is 0 Å². The highest BCUT2D eigenvalue weighted by atomic mass is 16.5. The largest absolute Gasteiger partial charge is 0.477 e. The minimum atomic E-state index is -0.568. The van der Waals surface area contributed by atoms with Gasteiger partial charge in [-0.2, -0.15) is 0 Å². The Hall–Kier alpha value is -1.06. The molecule has 1 saturated carbocycles. The van der Waals surface area contributed by atoms with E-state index in [1.807, 2.05) is 13.8 Å². The van der Waals surface area contributed by atoms with E-state index in [4.69, 9.17) is 9.47 Å². The number of rotatable bonds is 3. The molecule has 0 radical (unpaired) electrons. The van der Waals surface area contributed by atoms with E-state index in [2.05, 4.69) is 18.8 Å². The molecule has 2 rings (SSSR count). The lowest BCUT2D eigenvalue weighted by Crippen LogP contribution is -2.40. The van der Waals surface area contributed by atoms with Crippen LogP contribution in [0, 0.1) is 5.41 Å². The summed E-state index contributed by atoms with van der Waals surface area (Å²) < 4.78 is 10.9. The summed E-state index contributed by atoms with van der Waals surface area (Å²) in [5.74, 6) is 0.420. The minimum absolute atomic E-state index is 0.115. The van der Waals surface area contributed by atoms with Gasteiger partial charge in [0.2, 0.25) is 5.90 Å². The molecule has 1 fully saturated rings. The molecule has 1 heterocycles. The quantitative estimate of drug-likeness (QED) is 0.710. The van der Waals surface area contributed by atoms with Crippen molar-refractivity contribution in [1.82, 2.24) is 0 Å². The van der Waals surface area contributed by atoms with Gasteiger partial charge < -0.3 is 9.47 Å². The van der Waals surface area contributed by atoms with E-state index < -0.39 is 5.41 Å². The van der Waals surface area contributed by atoms with E-state index in [1.54, 1.807) is 0 Å². The van der Waals surface area contributed by atoms with E-state index in [-0.39, 0.29) is 17.6 Å². The van der Waals surface area contributed by atoms with Crippen molar-refractivity contribution in [3.05, 3.63) is 0 Å². The van der Waals surface area contributed by atoms with Crippen LogP contribution in [0.5, 0.6) is 0 Å². The highest BCUT2D eigenvalue weighted by Gasteiger charge is 2.59. The summed E-state index contributed by atoms with van der Waals surface area (Å²) in [4.78, 5) is 16.6. The highest BCUT2D eigenvalue weighted by molar-refractivity contribution is 6.06. The normalized spacial score (nSPS) is 28.9. The predicted molar refractivity (Wildman–Crippen MR) is 65.0 cm³/mol. The van der Waals surface area contributed by atoms with Gasteiger partial charge in [0.25, 0.3) is 0 Å². The Labute approximate surface area is 102 Å². The molecule has 0 bridgehead atoms. The van der Waals surface area contributed by atoms with Crippen molar-refractivity contribution in [2.45, 2.75) is 58.6 Å². The first kappa shape index (κ1) is 12.4. The van der Waals surface area contributed by atoms with Gasteiger partial charge in [0.1, 0.15) is 5.41 Å². The molecule has 4 nitrogen and oxygen atoms in total. The zero-order valence-electron chi connectivity index (χ0n) is 11.1. The predicted octanol–water partition coefficient (Wildman–Crippen LogP) is 2.32. The number of carbonyl (C=O) groups is 1. The molecule has 0 aromatic heterocycles. The van der Waals surface area contributed by atoms with Gasteiger partial charge >= 0.3 is 5.97 Å². The van der Waals surface area contributed by atoms with Gasteiger partial charge in [-0.1, -0.05) is 0 Å². The molecule has 0 aromatic carbocycles. The van der Waals surface area contributed by atoms with Crippen molar-refractivity contribution < 1.29 is 14.3 Å². The molecule has 0 aromatic rings. The summed E-state index contributed by atoms with van der Waals surface area (Å²) in [5.41, 5.74) is -0.711. The Morgan fingerprint density at radius 3 is 2.65 bits per heavy atom. The number of nitrogens with zero attached hydrogens (tertiary/aromatic N) is 1. The van der Waals surface area contributed by atoms with E-state index >= 15 is 0 Å². The molecule has 2 aliphatic rings. The second kappa shape index (κ2) is 4.00. The standard InChI is InChI=1S/C13H21NO3/c1-5-16-11(15)13(6-7-13)10-14-12(3,4)8-9(2)17-10/h9H,5-8H2,1-4H3/t9-/m1/s1. The van der Waals surface area contributed by atoms with Crippen LogP contribution in [-0.2, 0) is 14.3 Å². The fraction of sp³-hybridized carbons (Fsp3) is 0.846. The van der Waals surface area contributed by atoms with Gasteiger partial charge in [0.15, 0.2) is 0 Å². The van der Waals surface area contributed by atoms with E-state index in [0.717, 1.165) is 19.3 Å². The third kappa shape index (κ3) is 2.31. The Kier molecular flexibility index (Phi) is 2.92. The number of aliphatic imine (C=N–C) groups is 1. The average molecular weight is 239 g/mol. The van der Waals surface area contributed by atoms with E-state index in [1.165, 1.54) is 0 Å².